The van der Waals surface area contributed by atoms with Gasteiger partial charge in [0.1, 0.15) is 11.5 Å². The molecule has 0 aromatic heterocycles. The third-order valence-electron chi connectivity index (χ3n) is 2.64. The van der Waals surface area contributed by atoms with E-state index in [0.29, 0.717) is 22.5 Å². The Balaban J connectivity index is 2.18. The number of halogens is 4. The molecule has 0 unspecified atom stereocenters. The average Bonchev–Trinajstić information content (AvgIpc) is 2.40. The first kappa shape index (κ1) is 14.9. The molecule has 0 saturated carbocycles. The van der Waals surface area contributed by atoms with Gasteiger partial charge in [0.15, 0.2) is 0 Å². The van der Waals surface area contributed by atoms with Gasteiger partial charge in [0, 0.05) is 6.54 Å². The van der Waals surface area contributed by atoms with Crippen LogP contribution in [0.15, 0.2) is 46.9 Å². The largest absolute Gasteiger partial charge is 0.456 e. The molecule has 0 spiro atoms. The summed E-state index contributed by atoms with van der Waals surface area (Å²) in [6, 6.07) is 9.85. The number of ether oxygens (including phenoxy) is 1. The van der Waals surface area contributed by atoms with Gasteiger partial charge in [-0.2, -0.15) is 13.2 Å². The van der Waals surface area contributed by atoms with Crippen LogP contribution >= 0.6 is 15.9 Å². The molecule has 0 saturated heterocycles. The Kier molecular flexibility index (Phi) is 4.35. The Hall–Kier alpha value is -1.53. The van der Waals surface area contributed by atoms with Crippen LogP contribution in [0.25, 0.3) is 0 Å². The second-order valence-corrected chi connectivity index (χ2v) is 4.95. The monoisotopic (exact) mass is 345 g/mol. The van der Waals surface area contributed by atoms with Crippen molar-refractivity contribution >= 4 is 15.9 Å². The lowest BCUT2D eigenvalue weighted by molar-refractivity contribution is -0.137. The van der Waals surface area contributed by atoms with E-state index in [9.17, 15) is 13.2 Å². The average molecular weight is 346 g/mol. The molecule has 0 radical (unpaired) electrons. The van der Waals surface area contributed by atoms with Gasteiger partial charge in [-0.1, -0.05) is 6.07 Å². The van der Waals surface area contributed by atoms with Crippen molar-refractivity contribution in [1.82, 2.24) is 0 Å². The van der Waals surface area contributed by atoms with E-state index in [1.807, 2.05) is 0 Å². The van der Waals surface area contributed by atoms with Crippen molar-refractivity contribution in [2.45, 2.75) is 12.7 Å². The van der Waals surface area contributed by atoms with Crippen molar-refractivity contribution < 1.29 is 17.9 Å². The topological polar surface area (TPSA) is 35.2 Å². The molecule has 106 valence electrons. The maximum atomic E-state index is 12.4. The number of hydrogen-bond acceptors (Lipinski definition) is 2. The standard InChI is InChI=1S/C14H11BrF3NO/c15-12-7-9(8-19)1-6-13(12)20-11-4-2-10(3-5-11)14(16,17)18/h1-7H,8,19H2. The molecule has 2 N–H and O–H groups in total. The minimum absolute atomic E-state index is 0.333. The normalized spacial score (nSPS) is 11.4. The lowest BCUT2D eigenvalue weighted by Gasteiger charge is -2.10. The molecule has 2 nitrogen and oxygen atoms in total. The zero-order valence-electron chi connectivity index (χ0n) is 10.2. The molecule has 0 fully saturated rings. The smallest absolute Gasteiger partial charge is 0.416 e. The molecule has 0 aliphatic carbocycles. The molecule has 6 heteroatoms. The maximum Gasteiger partial charge on any atom is 0.416 e. The van der Waals surface area contributed by atoms with E-state index in [1.165, 1.54) is 12.1 Å². The molecular weight excluding hydrogens is 335 g/mol. The van der Waals surface area contributed by atoms with E-state index in [2.05, 4.69) is 15.9 Å². The van der Waals surface area contributed by atoms with Gasteiger partial charge in [0.25, 0.3) is 0 Å². The van der Waals surface area contributed by atoms with Crippen LogP contribution in [0.3, 0.4) is 0 Å². The minimum Gasteiger partial charge on any atom is -0.456 e. The predicted molar refractivity (Wildman–Crippen MR) is 73.6 cm³/mol. The van der Waals surface area contributed by atoms with Crippen LogP contribution in [-0.4, -0.2) is 0 Å². The van der Waals surface area contributed by atoms with E-state index >= 15 is 0 Å². The summed E-state index contributed by atoms with van der Waals surface area (Å²) in [5, 5.41) is 0. The molecule has 2 aromatic carbocycles. The zero-order chi connectivity index (χ0) is 14.8. The number of nitrogens with two attached hydrogens (primary N) is 1. The number of alkyl halides is 3. The number of benzene rings is 2. The van der Waals surface area contributed by atoms with Crippen LogP contribution < -0.4 is 10.5 Å². The molecule has 20 heavy (non-hydrogen) atoms. The maximum absolute atomic E-state index is 12.4. The second kappa shape index (κ2) is 5.85. The highest BCUT2D eigenvalue weighted by Gasteiger charge is 2.30. The van der Waals surface area contributed by atoms with Crippen LogP contribution in [0.4, 0.5) is 13.2 Å². The van der Waals surface area contributed by atoms with E-state index in [1.54, 1.807) is 18.2 Å². The van der Waals surface area contributed by atoms with Crippen molar-refractivity contribution in [2.24, 2.45) is 5.73 Å². The van der Waals surface area contributed by atoms with Gasteiger partial charge in [-0.3, -0.25) is 0 Å². The molecule has 0 heterocycles. The van der Waals surface area contributed by atoms with Gasteiger partial charge in [-0.25, -0.2) is 0 Å². The fraction of sp³-hybridized carbons (Fsp3) is 0.143. The first-order chi connectivity index (χ1) is 9.40. The summed E-state index contributed by atoms with van der Waals surface area (Å²) in [6.07, 6.45) is -4.35. The molecule has 2 rings (SSSR count). The highest BCUT2D eigenvalue weighted by atomic mass is 79.9. The minimum atomic E-state index is -4.35. The highest BCUT2D eigenvalue weighted by Crippen LogP contribution is 2.33. The Morgan fingerprint density at radius 3 is 2.20 bits per heavy atom. The van der Waals surface area contributed by atoms with E-state index in [-0.39, 0.29) is 0 Å². The second-order valence-electron chi connectivity index (χ2n) is 4.09. The molecule has 0 amide bonds. The van der Waals surface area contributed by atoms with E-state index in [4.69, 9.17) is 10.5 Å². The van der Waals surface area contributed by atoms with Gasteiger partial charge in [-0.15, -0.1) is 0 Å². The fourth-order valence-electron chi connectivity index (χ4n) is 1.59. The summed E-state index contributed by atoms with van der Waals surface area (Å²) < 4.78 is 43.5. The van der Waals surface area contributed by atoms with Crippen LogP contribution in [0.2, 0.25) is 0 Å². The molecular formula is C14H11BrF3NO. The molecule has 2 aromatic rings. The van der Waals surface area contributed by atoms with E-state index in [0.717, 1.165) is 17.7 Å². The predicted octanol–water partition coefficient (Wildman–Crippen LogP) is 4.72. The summed E-state index contributed by atoms with van der Waals surface area (Å²) in [5.74, 6) is 0.848. The lowest BCUT2D eigenvalue weighted by Crippen LogP contribution is -2.04. The molecule has 0 atom stereocenters. The van der Waals surface area contributed by atoms with Gasteiger partial charge in [-0.05, 0) is 57.9 Å². The molecule has 0 bridgehead atoms. The first-order valence-corrected chi connectivity index (χ1v) is 6.53. The SMILES string of the molecule is NCc1ccc(Oc2ccc(C(F)(F)F)cc2)c(Br)c1. The van der Waals surface area contributed by atoms with Crippen molar-refractivity contribution in [3.05, 3.63) is 58.1 Å². The summed E-state index contributed by atoms with van der Waals surface area (Å²) in [6.45, 7) is 0.402. The fourth-order valence-corrected chi connectivity index (χ4v) is 2.10. The first-order valence-electron chi connectivity index (χ1n) is 5.74. The summed E-state index contributed by atoms with van der Waals surface area (Å²) in [5.41, 5.74) is 5.73. The van der Waals surface area contributed by atoms with Crippen molar-refractivity contribution in [3.63, 3.8) is 0 Å². The van der Waals surface area contributed by atoms with Crippen molar-refractivity contribution in [1.29, 1.82) is 0 Å². The summed E-state index contributed by atoms with van der Waals surface area (Å²) >= 11 is 3.33. The van der Waals surface area contributed by atoms with Crippen LogP contribution in [0.5, 0.6) is 11.5 Å². The lowest BCUT2D eigenvalue weighted by atomic mass is 10.2. The van der Waals surface area contributed by atoms with Crippen molar-refractivity contribution in [2.75, 3.05) is 0 Å². The Morgan fingerprint density at radius 1 is 1.05 bits per heavy atom. The molecule has 0 aliphatic rings. The quantitative estimate of drug-likeness (QED) is 0.873. The number of hydrogen-bond donors (Lipinski definition) is 1. The number of rotatable bonds is 3. The zero-order valence-corrected chi connectivity index (χ0v) is 11.8. The van der Waals surface area contributed by atoms with Gasteiger partial charge in [0.2, 0.25) is 0 Å². The Bertz CT molecular complexity index is 596. The van der Waals surface area contributed by atoms with Crippen LogP contribution in [-0.2, 0) is 12.7 Å². The van der Waals surface area contributed by atoms with Gasteiger partial charge in [0.05, 0.1) is 10.0 Å². The Labute approximate surface area is 122 Å². The molecule has 0 aliphatic heterocycles. The van der Waals surface area contributed by atoms with Crippen molar-refractivity contribution in [3.8, 4) is 11.5 Å². The van der Waals surface area contributed by atoms with Crippen LogP contribution in [0, 0.1) is 0 Å². The third-order valence-corrected chi connectivity index (χ3v) is 3.26. The van der Waals surface area contributed by atoms with Crippen LogP contribution in [0.1, 0.15) is 11.1 Å². The van der Waals surface area contributed by atoms with Gasteiger partial charge < -0.3 is 10.5 Å². The summed E-state index contributed by atoms with van der Waals surface area (Å²) in [7, 11) is 0. The highest BCUT2D eigenvalue weighted by molar-refractivity contribution is 9.10. The summed E-state index contributed by atoms with van der Waals surface area (Å²) in [4.78, 5) is 0. The third kappa shape index (κ3) is 3.52. The Morgan fingerprint density at radius 2 is 1.70 bits per heavy atom. The van der Waals surface area contributed by atoms with Gasteiger partial charge >= 0.3 is 6.18 Å². The van der Waals surface area contributed by atoms with E-state index < -0.39 is 11.7 Å².